The van der Waals surface area contributed by atoms with Crippen LogP contribution in [0.15, 0.2) is 24.3 Å². The Hall–Kier alpha value is -1.10. The summed E-state index contributed by atoms with van der Waals surface area (Å²) in [4.78, 5) is 13.9. The number of carbonyl (C=O) groups is 1. The Labute approximate surface area is 118 Å². The van der Waals surface area contributed by atoms with Crippen LogP contribution >= 0.6 is 11.6 Å². The first-order chi connectivity index (χ1) is 9.03. The Kier molecular flexibility index (Phi) is 4.45. The number of halogens is 1. The molecule has 1 saturated heterocycles. The minimum Gasteiger partial charge on any atom is -0.468 e. The molecule has 1 aliphatic rings. The normalized spacial score (nSPS) is 19.1. The van der Waals surface area contributed by atoms with Crippen molar-refractivity contribution < 1.29 is 9.53 Å². The minimum absolute atomic E-state index is 0.307. The summed E-state index contributed by atoms with van der Waals surface area (Å²) in [5, 5.41) is 0.745. The molecule has 5 heteroatoms. The number of likely N-dealkylation sites (tertiary alicyclic amines) is 1. The van der Waals surface area contributed by atoms with Crippen molar-refractivity contribution in [3.8, 4) is 0 Å². The van der Waals surface area contributed by atoms with E-state index < -0.39 is 5.54 Å². The molecule has 2 N–H and O–H groups in total. The molecule has 0 unspecified atom stereocenters. The number of hydrogen-bond donors (Lipinski definition) is 1. The summed E-state index contributed by atoms with van der Waals surface area (Å²) in [5.74, 6) is -0.307. The maximum absolute atomic E-state index is 11.6. The van der Waals surface area contributed by atoms with Crippen LogP contribution in [0.2, 0.25) is 5.02 Å². The fraction of sp³-hybridized carbons (Fsp3) is 0.500. The number of rotatable bonds is 3. The van der Waals surface area contributed by atoms with Gasteiger partial charge < -0.3 is 10.5 Å². The van der Waals surface area contributed by atoms with E-state index in [1.807, 2.05) is 24.3 Å². The van der Waals surface area contributed by atoms with Gasteiger partial charge in [-0.25, -0.2) is 0 Å². The molecule has 1 heterocycles. The molecule has 0 spiro atoms. The van der Waals surface area contributed by atoms with Gasteiger partial charge in [-0.3, -0.25) is 9.69 Å². The summed E-state index contributed by atoms with van der Waals surface area (Å²) in [6, 6.07) is 7.82. The zero-order valence-corrected chi connectivity index (χ0v) is 11.8. The first-order valence-electron chi connectivity index (χ1n) is 6.37. The maximum Gasteiger partial charge on any atom is 0.325 e. The third-order valence-corrected chi connectivity index (χ3v) is 3.91. The summed E-state index contributed by atoms with van der Waals surface area (Å²) >= 11 is 5.86. The quantitative estimate of drug-likeness (QED) is 0.859. The van der Waals surface area contributed by atoms with E-state index >= 15 is 0 Å². The lowest BCUT2D eigenvalue weighted by atomic mass is 9.88. The molecule has 0 radical (unpaired) electrons. The van der Waals surface area contributed by atoms with Crippen LogP contribution in [0.25, 0.3) is 0 Å². The third kappa shape index (κ3) is 3.47. The van der Waals surface area contributed by atoms with Gasteiger partial charge in [0.1, 0.15) is 5.54 Å². The highest BCUT2D eigenvalue weighted by atomic mass is 35.5. The Morgan fingerprint density at radius 1 is 1.37 bits per heavy atom. The number of nitrogens with zero attached hydrogens (tertiary/aromatic N) is 1. The van der Waals surface area contributed by atoms with Gasteiger partial charge >= 0.3 is 5.97 Å². The molecule has 0 atom stereocenters. The Morgan fingerprint density at radius 3 is 2.47 bits per heavy atom. The second kappa shape index (κ2) is 5.90. The van der Waals surface area contributed by atoms with E-state index in [4.69, 9.17) is 22.1 Å². The number of hydrogen-bond acceptors (Lipinski definition) is 4. The average Bonchev–Trinajstić information content (AvgIpc) is 2.43. The molecule has 104 valence electrons. The van der Waals surface area contributed by atoms with Crippen LogP contribution in [-0.4, -0.2) is 36.6 Å². The van der Waals surface area contributed by atoms with Crippen LogP contribution < -0.4 is 5.73 Å². The molecule has 0 bridgehead atoms. The van der Waals surface area contributed by atoms with Crippen LogP contribution in [0.5, 0.6) is 0 Å². The van der Waals surface area contributed by atoms with E-state index in [1.165, 1.54) is 12.7 Å². The molecule has 1 aliphatic heterocycles. The number of benzene rings is 1. The van der Waals surface area contributed by atoms with Crippen molar-refractivity contribution >= 4 is 17.6 Å². The molecule has 1 fully saturated rings. The molecule has 1 aromatic rings. The molecule has 0 aromatic heterocycles. The van der Waals surface area contributed by atoms with Gasteiger partial charge in [-0.1, -0.05) is 23.7 Å². The highest BCUT2D eigenvalue weighted by Gasteiger charge is 2.38. The first-order valence-corrected chi connectivity index (χ1v) is 6.75. The van der Waals surface area contributed by atoms with Gasteiger partial charge in [0.2, 0.25) is 0 Å². The van der Waals surface area contributed by atoms with Crippen molar-refractivity contribution in [3.63, 3.8) is 0 Å². The fourth-order valence-corrected chi connectivity index (χ4v) is 2.49. The standard InChI is InChI=1S/C14H19ClN2O2/c1-19-13(18)14(16)6-8-17(9-7-14)10-11-2-4-12(15)5-3-11/h2-5H,6-10,16H2,1H3. The van der Waals surface area contributed by atoms with Crippen LogP contribution in [0.3, 0.4) is 0 Å². The van der Waals surface area contributed by atoms with Crippen molar-refractivity contribution in [3.05, 3.63) is 34.9 Å². The van der Waals surface area contributed by atoms with Crippen molar-refractivity contribution in [2.75, 3.05) is 20.2 Å². The minimum atomic E-state index is -0.814. The van der Waals surface area contributed by atoms with E-state index in [2.05, 4.69) is 4.90 Å². The lowest BCUT2D eigenvalue weighted by molar-refractivity contribution is -0.149. The topological polar surface area (TPSA) is 55.6 Å². The van der Waals surface area contributed by atoms with Crippen LogP contribution in [0.1, 0.15) is 18.4 Å². The smallest absolute Gasteiger partial charge is 0.325 e. The number of piperidine rings is 1. The zero-order chi connectivity index (χ0) is 13.9. The van der Waals surface area contributed by atoms with E-state index in [0.29, 0.717) is 12.8 Å². The molecule has 0 amide bonds. The molecule has 0 saturated carbocycles. The number of nitrogens with two attached hydrogens (primary N) is 1. The van der Waals surface area contributed by atoms with Crippen molar-refractivity contribution in [2.24, 2.45) is 5.73 Å². The van der Waals surface area contributed by atoms with Crippen LogP contribution in [0.4, 0.5) is 0 Å². The lowest BCUT2D eigenvalue weighted by Gasteiger charge is -2.37. The summed E-state index contributed by atoms with van der Waals surface area (Å²) in [6.45, 7) is 2.46. The van der Waals surface area contributed by atoms with Gasteiger partial charge in [0, 0.05) is 24.7 Å². The predicted octanol–water partition coefficient (Wildman–Crippen LogP) is 1.81. The second-order valence-electron chi connectivity index (χ2n) is 5.05. The molecule has 0 aliphatic carbocycles. The van der Waals surface area contributed by atoms with Gasteiger partial charge in [0.05, 0.1) is 7.11 Å². The maximum atomic E-state index is 11.6. The van der Waals surface area contributed by atoms with Gasteiger partial charge in [-0.2, -0.15) is 0 Å². The van der Waals surface area contributed by atoms with Crippen molar-refractivity contribution in [1.82, 2.24) is 4.90 Å². The lowest BCUT2D eigenvalue weighted by Crippen LogP contribution is -2.55. The summed E-state index contributed by atoms with van der Waals surface area (Å²) < 4.78 is 4.76. The summed E-state index contributed by atoms with van der Waals surface area (Å²) in [6.07, 6.45) is 1.26. The number of methoxy groups -OCH3 is 1. The summed E-state index contributed by atoms with van der Waals surface area (Å²) in [7, 11) is 1.39. The third-order valence-electron chi connectivity index (χ3n) is 3.66. The molecular weight excluding hydrogens is 264 g/mol. The van der Waals surface area contributed by atoms with Crippen LogP contribution in [-0.2, 0) is 16.1 Å². The van der Waals surface area contributed by atoms with E-state index in [0.717, 1.165) is 24.7 Å². The van der Waals surface area contributed by atoms with Gasteiger partial charge in [-0.15, -0.1) is 0 Å². The molecule has 4 nitrogen and oxygen atoms in total. The largest absolute Gasteiger partial charge is 0.468 e. The summed E-state index contributed by atoms with van der Waals surface area (Å²) in [5.41, 5.74) is 6.47. The first kappa shape index (κ1) is 14.3. The number of esters is 1. The van der Waals surface area contributed by atoms with Crippen LogP contribution in [0, 0.1) is 0 Å². The van der Waals surface area contributed by atoms with Gasteiger partial charge in [0.25, 0.3) is 0 Å². The zero-order valence-electron chi connectivity index (χ0n) is 11.1. The van der Waals surface area contributed by atoms with Crippen molar-refractivity contribution in [1.29, 1.82) is 0 Å². The van der Waals surface area contributed by atoms with Gasteiger partial charge in [0.15, 0.2) is 0 Å². The van der Waals surface area contributed by atoms with E-state index in [1.54, 1.807) is 0 Å². The highest BCUT2D eigenvalue weighted by Crippen LogP contribution is 2.22. The van der Waals surface area contributed by atoms with Crippen molar-refractivity contribution in [2.45, 2.75) is 24.9 Å². The molecule has 2 rings (SSSR count). The number of carbonyl (C=O) groups excluding carboxylic acids is 1. The molecule has 1 aromatic carbocycles. The second-order valence-corrected chi connectivity index (χ2v) is 5.49. The Balaban J connectivity index is 1.90. The number of ether oxygens (including phenoxy) is 1. The SMILES string of the molecule is COC(=O)C1(N)CCN(Cc2ccc(Cl)cc2)CC1. The van der Waals surface area contributed by atoms with E-state index in [9.17, 15) is 4.79 Å². The molecular formula is C14H19ClN2O2. The Morgan fingerprint density at radius 2 is 1.95 bits per heavy atom. The monoisotopic (exact) mass is 282 g/mol. The average molecular weight is 283 g/mol. The fourth-order valence-electron chi connectivity index (χ4n) is 2.37. The van der Waals surface area contributed by atoms with E-state index in [-0.39, 0.29) is 5.97 Å². The predicted molar refractivity (Wildman–Crippen MR) is 74.9 cm³/mol. The molecule has 19 heavy (non-hydrogen) atoms. The van der Waals surface area contributed by atoms with Gasteiger partial charge in [-0.05, 0) is 30.5 Å². The Bertz CT molecular complexity index is 439. The highest BCUT2D eigenvalue weighted by molar-refractivity contribution is 6.30.